The van der Waals surface area contributed by atoms with Gasteiger partial charge in [-0.05, 0) is 29.3 Å². The first kappa shape index (κ1) is 28.0. The van der Waals surface area contributed by atoms with E-state index < -0.39 is 16.0 Å². The molecule has 0 aliphatic carbocycles. The molecule has 0 unspecified atom stereocenters. The molecule has 2 heterocycles. The van der Waals surface area contributed by atoms with Crippen molar-refractivity contribution in [3.05, 3.63) is 94.8 Å². The minimum atomic E-state index is -2.10. The van der Waals surface area contributed by atoms with Crippen molar-refractivity contribution in [2.24, 2.45) is 5.92 Å². The Morgan fingerprint density at radius 3 is 2.51 bits per heavy atom. The average molecular weight is 584 g/mol. The number of hydrogen-bond donors (Lipinski definition) is 2. The van der Waals surface area contributed by atoms with Crippen molar-refractivity contribution in [1.29, 1.82) is 0 Å². The number of rotatable bonds is 7. The molecule has 2 N–H and O–H groups in total. The molecule has 1 aromatic heterocycles. The molecule has 0 radical (unpaired) electrons. The Morgan fingerprint density at radius 2 is 1.84 bits per heavy atom. The molecule has 7 nitrogen and oxygen atoms in total. The van der Waals surface area contributed by atoms with Gasteiger partial charge in [-0.2, -0.15) is 4.73 Å². The van der Waals surface area contributed by atoms with Crippen molar-refractivity contribution < 1.29 is 24.1 Å². The molecule has 4 rings (SSSR count). The molecule has 4 atom stereocenters. The number of hydrogen-bond acceptors (Lipinski definition) is 6. The molecule has 3 aromatic rings. The smallest absolute Gasteiger partial charge is 0.276 e. The van der Waals surface area contributed by atoms with E-state index in [1.807, 2.05) is 43.3 Å². The summed E-state index contributed by atoms with van der Waals surface area (Å²) in [6.45, 7) is 1.99. The second kappa shape index (κ2) is 12.2. The fraction of sp³-hybridized carbons (Fsp3) is 0.308. The number of thioether (sulfide) groups is 1. The van der Waals surface area contributed by atoms with E-state index in [-0.39, 0.29) is 24.7 Å². The van der Waals surface area contributed by atoms with E-state index in [1.54, 1.807) is 30.3 Å². The maximum atomic E-state index is 12.1. The SMILES string of the molecule is C[C@H]1[C@@H](CSc2cccc[n+]2[O-])O[C@@H](c2cccc(NC(=O)C(Cl)(Cl)Cl)c2)O[C@H]1c1ccc(CO)cc1. The number of aliphatic hydroxyl groups is 1. The van der Waals surface area contributed by atoms with Gasteiger partial charge >= 0.3 is 0 Å². The molecule has 1 fully saturated rings. The minimum Gasteiger partial charge on any atom is -0.618 e. The molecule has 2 aromatic carbocycles. The Hall–Kier alpha value is -2.04. The predicted molar refractivity (Wildman–Crippen MR) is 144 cm³/mol. The Morgan fingerprint density at radius 1 is 1.08 bits per heavy atom. The van der Waals surface area contributed by atoms with Crippen LogP contribution < -0.4 is 10.0 Å². The zero-order chi connectivity index (χ0) is 26.6. The minimum absolute atomic E-state index is 0.0503. The van der Waals surface area contributed by atoms with Crippen LogP contribution in [0.15, 0.2) is 78.0 Å². The average Bonchev–Trinajstić information content (AvgIpc) is 2.88. The number of amides is 1. The Bertz CT molecular complexity index is 1230. The second-order valence-electron chi connectivity index (χ2n) is 8.57. The summed E-state index contributed by atoms with van der Waals surface area (Å²) in [5, 5.41) is 24.7. The lowest BCUT2D eigenvalue weighted by atomic mass is 9.91. The molecule has 0 bridgehead atoms. The number of aliphatic hydroxyl groups excluding tert-OH is 1. The number of aromatic nitrogens is 1. The lowest BCUT2D eigenvalue weighted by Gasteiger charge is -2.41. The van der Waals surface area contributed by atoms with Crippen LogP contribution in [0, 0.1) is 11.1 Å². The van der Waals surface area contributed by atoms with Crippen molar-refractivity contribution >= 4 is 58.2 Å². The molecule has 0 spiro atoms. The number of anilines is 1. The summed E-state index contributed by atoms with van der Waals surface area (Å²) in [6, 6.07) is 19.8. The van der Waals surface area contributed by atoms with Gasteiger partial charge in [0.25, 0.3) is 14.7 Å². The number of alkyl halides is 3. The summed E-state index contributed by atoms with van der Waals surface area (Å²) in [6.07, 6.45) is 0.101. The number of halogens is 3. The number of ether oxygens (including phenoxy) is 2. The zero-order valence-electron chi connectivity index (χ0n) is 19.7. The van der Waals surface area contributed by atoms with Crippen molar-refractivity contribution in [3.63, 3.8) is 0 Å². The van der Waals surface area contributed by atoms with Crippen molar-refractivity contribution in [2.45, 2.75) is 40.8 Å². The van der Waals surface area contributed by atoms with E-state index in [0.717, 1.165) is 15.9 Å². The summed E-state index contributed by atoms with van der Waals surface area (Å²) >= 11 is 18.5. The zero-order valence-corrected chi connectivity index (χ0v) is 22.8. The number of benzene rings is 2. The number of carbonyl (C=O) groups excluding carboxylic acids is 1. The third-order valence-electron chi connectivity index (χ3n) is 5.98. The van der Waals surface area contributed by atoms with E-state index in [2.05, 4.69) is 5.32 Å². The second-order valence-corrected chi connectivity index (χ2v) is 11.9. The highest BCUT2D eigenvalue weighted by atomic mass is 35.6. The fourth-order valence-electron chi connectivity index (χ4n) is 3.97. The maximum Gasteiger partial charge on any atom is 0.276 e. The summed E-state index contributed by atoms with van der Waals surface area (Å²) in [5.74, 6) is -0.319. The quantitative estimate of drug-likeness (QED) is 0.160. The molecule has 1 saturated heterocycles. The number of nitrogens with zero attached hydrogens (tertiary/aromatic N) is 1. The van der Waals surface area contributed by atoms with Crippen LogP contribution in [0.1, 0.15) is 36.0 Å². The molecule has 0 saturated carbocycles. The third-order valence-corrected chi connectivity index (χ3v) is 7.60. The first-order chi connectivity index (χ1) is 17.7. The summed E-state index contributed by atoms with van der Waals surface area (Å²) in [5.41, 5.74) is 2.83. The van der Waals surface area contributed by atoms with Crippen LogP contribution in [0.2, 0.25) is 0 Å². The van der Waals surface area contributed by atoms with Gasteiger partial charge in [0, 0.05) is 35.1 Å². The van der Waals surface area contributed by atoms with Crippen molar-refractivity contribution in [3.8, 4) is 0 Å². The summed E-state index contributed by atoms with van der Waals surface area (Å²) in [7, 11) is 0. The van der Waals surface area contributed by atoms with Crippen LogP contribution in [0.4, 0.5) is 5.69 Å². The molecule has 1 aliphatic heterocycles. The highest BCUT2D eigenvalue weighted by molar-refractivity contribution is 7.99. The highest BCUT2D eigenvalue weighted by Crippen LogP contribution is 2.43. The monoisotopic (exact) mass is 582 g/mol. The Kier molecular flexibility index (Phi) is 9.24. The van der Waals surface area contributed by atoms with Crippen LogP contribution in [0.5, 0.6) is 0 Å². The van der Waals surface area contributed by atoms with Gasteiger partial charge in [-0.15, -0.1) is 0 Å². The Labute approximate surface area is 234 Å². The van der Waals surface area contributed by atoms with E-state index in [1.165, 1.54) is 18.0 Å². The van der Waals surface area contributed by atoms with Gasteiger partial charge < -0.3 is 25.1 Å². The van der Waals surface area contributed by atoms with Crippen molar-refractivity contribution in [2.75, 3.05) is 11.1 Å². The number of nitrogens with one attached hydrogen (secondary N) is 1. The standard InChI is InChI=1S/C26H25Cl3N2O5S/c1-16-21(15-37-22-7-2-3-12-31(22)34)35-24(36-23(16)18-10-8-17(14-32)9-11-18)19-5-4-6-20(13-19)30-25(33)26(27,28)29/h2-13,16,21,23-24,32H,14-15H2,1H3,(H,30,33)/t16-,21+,23+,24+/m0/s1. The largest absolute Gasteiger partial charge is 0.618 e. The Balaban J connectivity index is 1.60. The normalized spacial score (nSPS) is 22.0. The van der Waals surface area contributed by atoms with Crippen LogP contribution >= 0.6 is 46.6 Å². The van der Waals surface area contributed by atoms with Gasteiger partial charge in [0.05, 0.1) is 18.8 Å². The van der Waals surface area contributed by atoms with Gasteiger partial charge in [0.2, 0.25) is 0 Å². The lowest BCUT2D eigenvalue weighted by Crippen LogP contribution is -2.39. The first-order valence-electron chi connectivity index (χ1n) is 11.5. The fourth-order valence-corrected chi connectivity index (χ4v) is 5.19. The van der Waals surface area contributed by atoms with Gasteiger partial charge in [-0.25, -0.2) is 0 Å². The number of carbonyl (C=O) groups is 1. The van der Waals surface area contributed by atoms with Gasteiger partial charge in [-0.3, -0.25) is 4.79 Å². The molecule has 1 aliphatic rings. The van der Waals surface area contributed by atoms with Crippen LogP contribution in [0.3, 0.4) is 0 Å². The molecule has 1 amide bonds. The lowest BCUT2D eigenvalue weighted by molar-refractivity contribution is -0.645. The predicted octanol–water partition coefficient (Wildman–Crippen LogP) is 5.70. The topological polar surface area (TPSA) is 94.7 Å². The maximum absolute atomic E-state index is 12.1. The van der Waals surface area contributed by atoms with Gasteiger partial charge in [-0.1, -0.05) is 89.9 Å². The molecule has 11 heteroatoms. The summed E-state index contributed by atoms with van der Waals surface area (Å²) in [4.78, 5) is 12.1. The van der Waals surface area contributed by atoms with E-state index >= 15 is 0 Å². The molecular weight excluding hydrogens is 559 g/mol. The first-order valence-corrected chi connectivity index (χ1v) is 13.6. The van der Waals surface area contributed by atoms with Gasteiger partial charge in [0.1, 0.15) is 0 Å². The van der Waals surface area contributed by atoms with E-state index in [4.69, 9.17) is 44.3 Å². The van der Waals surface area contributed by atoms with Crippen LogP contribution in [-0.4, -0.2) is 26.7 Å². The van der Waals surface area contributed by atoms with E-state index in [9.17, 15) is 15.1 Å². The van der Waals surface area contributed by atoms with Crippen LogP contribution in [-0.2, 0) is 20.9 Å². The molecule has 196 valence electrons. The van der Waals surface area contributed by atoms with Gasteiger partial charge in [0.15, 0.2) is 12.5 Å². The third kappa shape index (κ3) is 7.09. The van der Waals surface area contributed by atoms with Crippen LogP contribution in [0.25, 0.3) is 0 Å². The molecule has 37 heavy (non-hydrogen) atoms. The van der Waals surface area contributed by atoms with E-state index in [0.29, 0.717) is 22.0 Å². The molecular formula is C26H25Cl3N2O5S. The highest BCUT2D eigenvalue weighted by Gasteiger charge is 2.39. The summed E-state index contributed by atoms with van der Waals surface area (Å²) < 4.78 is 11.5. The van der Waals surface area contributed by atoms with Crippen molar-refractivity contribution in [1.82, 2.24) is 0 Å². The number of pyridine rings is 1.